The van der Waals surface area contributed by atoms with Crippen molar-refractivity contribution in [3.8, 4) is 0 Å². The van der Waals surface area contributed by atoms with E-state index in [0.717, 1.165) is 36.9 Å². The molecule has 1 aliphatic rings. The Balaban J connectivity index is 1.74. The van der Waals surface area contributed by atoms with E-state index >= 15 is 0 Å². The number of benzene rings is 1. The number of rotatable bonds is 3. The molecular formula is C15H17NO2. The molecule has 0 spiro atoms. The molecule has 3 rings (SSSR count). The first-order chi connectivity index (χ1) is 8.83. The van der Waals surface area contributed by atoms with E-state index in [0.29, 0.717) is 18.1 Å². The minimum absolute atomic E-state index is 0.125. The number of hydrogen-bond acceptors (Lipinski definition) is 3. The Hall–Kier alpha value is -1.61. The molecule has 1 aromatic heterocycles. The maximum atomic E-state index is 12.2. The summed E-state index contributed by atoms with van der Waals surface area (Å²) in [6.07, 6.45) is 2.89. The molecule has 3 nitrogen and oxygen atoms in total. The van der Waals surface area contributed by atoms with Gasteiger partial charge in [0, 0.05) is 11.8 Å². The third-order valence-electron chi connectivity index (χ3n) is 3.57. The van der Waals surface area contributed by atoms with Crippen LogP contribution in [0.4, 0.5) is 0 Å². The molecule has 2 aromatic rings. The quantitative estimate of drug-likeness (QED) is 0.843. The van der Waals surface area contributed by atoms with Crippen LogP contribution in [0.5, 0.6) is 0 Å². The number of carbonyl (C=O) groups is 1. The van der Waals surface area contributed by atoms with Gasteiger partial charge in [0.15, 0.2) is 11.5 Å². The maximum absolute atomic E-state index is 12.2. The summed E-state index contributed by atoms with van der Waals surface area (Å²) in [5, 5.41) is 4.34. The lowest BCUT2D eigenvalue weighted by molar-refractivity contribution is 0.0928. The van der Waals surface area contributed by atoms with Crippen LogP contribution >= 0.6 is 0 Å². The molecule has 0 radical (unpaired) electrons. The van der Waals surface area contributed by atoms with Gasteiger partial charge in [-0.3, -0.25) is 4.79 Å². The van der Waals surface area contributed by atoms with Crippen LogP contribution in [-0.4, -0.2) is 18.9 Å². The van der Waals surface area contributed by atoms with E-state index < -0.39 is 0 Å². The van der Waals surface area contributed by atoms with Gasteiger partial charge in [0.2, 0.25) is 0 Å². The van der Waals surface area contributed by atoms with E-state index in [-0.39, 0.29) is 5.78 Å². The van der Waals surface area contributed by atoms with Gasteiger partial charge in [-0.05, 0) is 44.0 Å². The van der Waals surface area contributed by atoms with Crippen molar-refractivity contribution < 1.29 is 9.21 Å². The normalized spacial score (nSPS) is 20.1. The predicted octanol–water partition coefficient (Wildman–Crippen LogP) is 3.01. The molecule has 1 saturated heterocycles. The molecule has 18 heavy (non-hydrogen) atoms. The zero-order valence-corrected chi connectivity index (χ0v) is 10.3. The molecule has 1 unspecified atom stereocenters. The van der Waals surface area contributed by atoms with Gasteiger partial charge in [-0.2, -0.15) is 0 Å². The van der Waals surface area contributed by atoms with Crippen LogP contribution in [0, 0.1) is 5.92 Å². The second-order valence-corrected chi connectivity index (χ2v) is 4.99. The summed E-state index contributed by atoms with van der Waals surface area (Å²) in [5.41, 5.74) is 0.794. The average molecular weight is 243 g/mol. The first-order valence-corrected chi connectivity index (χ1v) is 6.55. The van der Waals surface area contributed by atoms with Gasteiger partial charge < -0.3 is 9.73 Å². The first kappa shape index (κ1) is 11.5. The maximum Gasteiger partial charge on any atom is 0.198 e. The van der Waals surface area contributed by atoms with Crippen molar-refractivity contribution in [2.75, 3.05) is 13.1 Å². The summed E-state index contributed by atoms with van der Waals surface area (Å²) < 4.78 is 5.60. The van der Waals surface area contributed by atoms with Crippen LogP contribution in [-0.2, 0) is 0 Å². The third kappa shape index (κ3) is 2.31. The third-order valence-corrected chi connectivity index (χ3v) is 3.57. The minimum atomic E-state index is 0.125. The SMILES string of the molecule is O=C(CC1CCCNC1)c1cc2ccccc2o1. The van der Waals surface area contributed by atoms with Gasteiger partial charge in [0.25, 0.3) is 0 Å². The second-order valence-electron chi connectivity index (χ2n) is 4.99. The van der Waals surface area contributed by atoms with Crippen molar-refractivity contribution in [3.63, 3.8) is 0 Å². The Kier molecular flexibility index (Phi) is 3.15. The number of piperidine rings is 1. The largest absolute Gasteiger partial charge is 0.453 e. The summed E-state index contributed by atoms with van der Waals surface area (Å²) in [7, 11) is 0. The smallest absolute Gasteiger partial charge is 0.198 e. The van der Waals surface area contributed by atoms with Crippen molar-refractivity contribution in [2.45, 2.75) is 19.3 Å². The van der Waals surface area contributed by atoms with E-state index in [4.69, 9.17) is 4.42 Å². The molecule has 0 amide bonds. The fraction of sp³-hybridized carbons (Fsp3) is 0.400. The molecular weight excluding hydrogens is 226 g/mol. The molecule has 1 N–H and O–H groups in total. The summed E-state index contributed by atoms with van der Waals surface area (Å²) in [6.45, 7) is 2.03. The molecule has 0 saturated carbocycles. The number of ketones is 1. The molecule has 0 bridgehead atoms. The fourth-order valence-corrected chi connectivity index (χ4v) is 2.58. The van der Waals surface area contributed by atoms with Gasteiger partial charge in [-0.1, -0.05) is 18.2 Å². The first-order valence-electron chi connectivity index (χ1n) is 6.55. The van der Waals surface area contributed by atoms with Crippen LogP contribution in [0.3, 0.4) is 0 Å². The van der Waals surface area contributed by atoms with Crippen molar-refractivity contribution in [1.82, 2.24) is 5.32 Å². The number of fused-ring (bicyclic) bond motifs is 1. The number of nitrogens with one attached hydrogen (secondary N) is 1. The Morgan fingerprint density at radius 3 is 3.06 bits per heavy atom. The minimum Gasteiger partial charge on any atom is -0.453 e. The van der Waals surface area contributed by atoms with Crippen LogP contribution in [0.1, 0.15) is 29.8 Å². The van der Waals surface area contributed by atoms with E-state index in [1.807, 2.05) is 30.3 Å². The van der Waals surface area contributed by atoms with Crippen LogP contribution in [0.25, 0.3) is 11.0 Å². The second kappa shape index (κ2) is 4.94. The molecule has 1 aromatic carbocycles. The lowest BCUT2D eigenvalue weighted by Crippen LogP contribution is -2.31. The van der Waals surface area contributed by atoms with E-state index in [9.17, 15) is 4.79 Å². The summed E-state index contributed by atoms with van der Waals surface area (Å²) >= 11 is 0. The van der Waals surface area contributed by atoms with Gasteiger partial charge in [-0.15, -0.1) is 0 Å². The predicted molar refractivity (Wildman–Crippen MR) is 70.8 cm³/mol. The van der Waals surface area contributed by atoms with Gasteiger partial charge in [0.05, 0.1) is 0 Å². The highest BCUT2D eigenvalue weighted by molar-refractivity contribution is 5.97. The zero-order chi connectivity index (χ0) is 12.4. The molecule has 3 heteroatoms. The van der Waals surface area contributed by atoms with Crippen LogP contribution in [0.2, 0.25) is 0 Å². The van der Waals surface area contributed by atoms with Crippen molar-refractivity contribution in [3.05, 3.63) is 36.1 Å². The Labute approximate surface area is 106 Å². The molecule has 1 fully saturated rings. The highest BCUT2D eigenvalue weighted by atomic mass is 16.3. The topological polar surface area (TPSA) is 42.2 Å². The zero-order valence-electron chi connectivity index (χ0n) is 10.3. The monoisotopic (exact) mass is 243 g/mol. The molecule has 94 valence electrons. The van der Waals surface area contributed by atoms with Gasteiger partial charge in [0.1, 0.15) is 5.58 Å². The Bertz CT molecular complexity index is 519. The molecule has 2 heterocycles. The number of para-hydroxylation sites is 1. The molecule has 0 aliphatic carbocycles. The highest BCUT2D eigenvalue weighted by Crippen LogP contribution is 2.22. The number of hydrogen-bond donors (Lipinski definition) is 1. The van der Waals surface area contributed by atoms with E-state index in [2.05, 4.69) is 5.32 Å². The van der Waals surface area contributed by atoms with Crippen molar-refractivity contribution in [2.24, 2.45) is 5.92 Å². The van der Waals surface area contributed by atoms with E-state index in [1.165, 1.54) is 0 Å². The van der Waals surface area contributed by atoms with Crippen LogP contribution < -0.4 is 5.32 Å². The standard InChI is InChI=1S/C15H17NO2/c17-13(8-11-4-3-7-16-10-11)15-9-12-5-1-2-6-14(12)18-15/h1-2,5-6,9,11,16H,3-4,7-8,10H2. The number of Topliss-reactive ketones (excluding diaryl/α,β-unsaturated/α-hetero) is 1. The number of furan rings is 1. The van der Waals surface area contributed by atoms with Crippen LogP contribution in [0.15, 0.2) is 34.7 Å². The average Bonchev–Trinajstić information content (AvgIpc) is 2.84. The summed E-state index contributed by atoms with van der Waals surface area (Å²) in [5.74, 6) is 1.08. The van der Waals surface area contributed by atoms with Crippen molar-refractivity contribution in [1.29, 1.82) is 0 Å². The lowest BCUT2D eigenvalue weighted by atomic mass is 9.93. The molecule has 1 aliphatic heterocycles. The highest BCUT2D eigenvalue weighted by Gasteiger charge is 2.20. The fourth-order valence-electron chi connectivity index (χ4n) is 2.58. The molecule has 1 atom stereocenters. The van der Waals surface area contributed by atoms with Crippen molar-refractivity contribution >= 4 is 16.8 Å². The summed E-state index contributed by atoms with van der Waals surface area (Å²) in [4.78, 5) is 12.2. The number of carbonyl (C=O) groups excluding carboxylic acids is 1. The summed E-state index contributed by atoms with van der Waals surface area (Å²) in [6, 6.07) is 9.60. The Morgan fingerprint density at radius 1 is 1.39 bits per heavy atom. The lowest BCUT2D eigenvalue weighted by Gasteiger charge is -2.21. The Morgan fingerprint density at radius 2 is 2.28 bits per heavy atom. The van der Waals surface area contributed by atoms with Gasteiger partial charge >= 0.3 is 0 Å². The van der Waals surface area contributed by atoms with E-state index in [1.54, 1.807) is 0 Å². The van der Waals surface area contributed by atoms with Gasteiger partial charge in [-0.25, -0.2) is 0 Å².